The number of rotatable bonds is 4. The second-order valence-electron chi connectivity index (χ2n) is 4.15. The van der Waals surface area contributed by atoms with Crippen molar-refractivity contribution in [1.29, 1.82) is 0 Å². The molecule has 104 valence electrons. The van der Waals surface area contributed by atoms with Crippen molar-refractivity contribution >= 4 is 46.2 Å². The van der Waals surface area contributed by atoms with Crippen molar-refractivity contribution in [2.75, 3.05) is 11.9 Å². The van der Waals surface area contributed by atoms with E-state index in [4.69, 9.17) is 35.4 Å². The summed E-state index contributed by atoms with van der Waals surface area (Å²) in [7, 11) is 0. The van der Waals surface area contributed by atoms with Crippen LogP contribution in [0.5, 0.6) is 0 Å². The number of pyridine rings is 1. The van der Waals surface area contributed by atoms with E-state index >= 15 is 0 Å². The van der Waals surface area contributed by atoms with Crippen molar-refractivity contribution in [2.45, 2.75) is 6.42 Å². The van der Waals surface area contributed by atoms with Gasteiger partial charge in [-0.05, 0) is 30.4 Å². The first kappa shape index (κ1) is 15.0. The number of halogens is 2. The summed E-state index contributed by atoms with van der Waals surface area (Å²) in [6.07, 6.45) is 2.77. The van der Waals surface area contributed by atoms with Crippen molar-refractivity contribution in [3.63, 3.8) is 0 Å². The highest BCUT2D eigenvalue weighted by molar-refractivity contribution is 7.80. The summed E-state index contributed by atoms with van der Waals surface area (Å²) >= 11 is 17.0. The summed E-state index contributed by atoms with van der Waals surface area (Å²) in [6.45, 7) is 0.744. The van der Waals surface area contributed by atoms with Gasteiger partial charge < -0.3 is 10.6 Å². The van der Waals surface area contributed by atoms with Gasteiger partial charge in [-0.3, -0.25) is 0 Å². The van der Waals surface area contributed by atoms with Gasteiger partial charge in [0.15, 0.2) is 17.0 Å². The number of hydrogen-bond donors (Lipinski definition) is 2. The molecule has 1 aromatic heterocycles. The van der Waals surface area contributed by atoms with Crippen molar-refractivity contribution in [2.24, 2.45) is 0 Å². The normalized spacial score (nSPS) is 10.1. The van der Waals surface area contributed by atoms with Crippen LogP contribution in [0.1, 0.15) is 5.69 Å². The van der Waals surface area contributed by atoms with Gasteiger partial charge >= 0.3 is 0 Å². The molecule has 0 unspecified atom stereocenters. The van der Waals surface area contributed by atoms with Gasteiger partial charge in [-0.25, -0.2) is 4.98 Å². The Hall–Kier alpha value is -1.36. The maximum absolute atomic E-state index is 5.94. The van der Waals surface area contributed by atoms with Crippen LogP contribution >= 0.6 is 35.4 Å². The first-order valence-corrected chi connectivity index (χ1v) is 7.27. The van der Waals surface area contributed by atoms with Gasteiger partial charge in [0.05, 0.1) is 10.0 Å². The molecule has 3 nitrogen and oxygen atoms in total. The zero-order valence-electron chi connectivity index (χ0n) is 10.6. The molecule has 0 saturated heterocycles. The van der Waals surface area contributed by atoms with Crippen molar-refractivity contribution in [3.05, 3.63) is 58.3 Å². The van der Waals surface area contributed by atoms with Crippen LogP contribution in [-0.2, 0) is 6.42 Å². The van der Waals surface area contributed by atoms with E-state index in [0.29, 0.717) is 15.2 Å². The van der Waals surface area contributed by atoms with E-state index in [2.05, 4.69) is 15.6 Å². The predicted molar refractivity (Wildman–Crippen MR) is 87.4 cm³/mol. The number of thiocarbonyl (C=S) groups is 1. The molecule has 0 spiro atoms. The summed E-state index contributed by atoms with van der Waals surface area (Å²) in [4.78, 5) is 3.17. The fourth-order valence-corrected chi connectivity index (χ4v) is 2.16. The second-order valence-corrected chi connectivity index (χ2v) is 5.37. The standard InChI is InChI=1S/C14H13Cl2N3S/c15-12-5-4-11(9-13(12)16)19-14(20)18-8-6-10-3-1-2-7-17-10/h1-5,7,9H,6,8H2,(H2,18,19,20)/p+1. The van der Waals surface area contributed by atoms with E-state index in [-0.39, 0.29) is 0 Å². The first-order chi connectivity index (χ1) is 9.65. The van der Waals surface area contributed by atoms with E-state index < -0.39 is 0 Å². The summed E-state index contributed by atoms with van der Waals surface area (Å²) < 4.78 is 0. The quantitative estimate of drug-likeness (QED) is 0.846. The predicted octanol–water partition coefficient (Wildman–Crippen LogP) is 3.34. The Morgan fingerprint density at radius 1 is 1.15 bits per heavy atom. The zero-order chi connectivity index (χ0) is 14.4. The van der Waals surface area contributed by atoms with Crippen LogP contribution in [0.15, 0.2) is 42.6 Å². The highest BCUT2D eigenvalue weighted by Gasteiger charge is 2.03. The molecular weight excluding hydrogens is 313 g/mol. The molecule has 2 aromatic rings. The van der Waals surface area contributed by atoms with E-state index in [1.54, 1.807) is 12.1 Å². The Labute approximate surface area is 133 Å². The van der Waals surface area contributed by atoms with Crippen LogP contribution in [0.25, 0.3) is 0 Å². The lowest BCUT2D eigenvalue weighted by atomic mass is 10.3. The lowest BCUT2D eigenvalue weighted by Crippen LogP contribution is -2.31. The molecule has 0 fully saturated rings. The third kappa shape index (κ3) is 4.63. The van der Waals surface area contributed by atoms with Crippen LogP contribution in [0.2, 0.25) is 10.0 Å². The molecule has 6 heteroatoms. The van der Waals surface area contributed by atoms with Crippen molar-refractivity contribution < 1.29 is 4.98 Å². The maximum atomic E-state index is 5.94. The molecule has 1 aromatic carbocycles. The minimum absolute atomic E-state index is 0.498. The number of H-pyrrole nitrogens is 1. The van der Waals surface area contributed by atoms with E-state index in [1.165, 1.54) is 0 Å². The molecule has 0 radical (unpaired) electrons. The summed E-state index contributed by atoms with van der Waals surface area (Å²) in [5.74, 6) is 0. The van der Waals surface area contributed by atoms with Crippen LogP contribution in [-0.4, -0.2) is 11.7 Å². The van der Waals surface area contributed by atoms with Gasteiger partial charge in [0, 0.05) is 30.8 Å². The molecule has 2 rings (SSSR count). The summed E-state index contributed by atoms with van der Waals surface area (Å²) in [5.41, 5.74) is 1.96. The largest absolute Gasteiger partial charge is 0.362 e. The van der Waals surface area contributed by atoms with E-state index in [1.807, 2.05) is 30.5 Å². The number of nitrogens with one attached hydrogen (secondary N) is 3. The maximum Gasteiger partial charge on any atom is 0.181 e. The number of aromatic amines is 1. The molecular formula is C14H14Cl2N3S+. The second kappa shape index (κ2) is 7.43. The molecule has 20 heavy (non-hydrogen) atoms. The smallest absolute Gasteiger partial charge is 0.181 e. The van der Waals surface area contributed by atoms with Gasteiger partial charge in [-0.15, -0.1) is 0 Å². The molecule has 0 atom stereocenters. The van der Waals surface area contributed by atoms with Crippen LogP contribution < -0.4 is 15.6 Å². The number of anilines is 1. The van der Waals surface area contributed by atoms with Crippen molar-refractivity contribution in [3.8, 4) is 0 Å². The Bertz CT molecular complexity index is 590. The third-order valence-electron chi connectivity index (χ3n) is 2.63. The van der Waals surface area contributed by atoms with Crippen LogP contribution in [0.4, 0.5) is 5.69 Å². The number of hydrogen-bond acceptors (Lipinski definition) is 1. The molecule has 0 aliphatic carbocycles. The fourth-order valence-electron chi connectivity index (χ4n) is 1.65. The van der Waals surface area contributed by atoms with Gasteiger partial charge in [0.2, 0.25) is 0 Å². The summed E-state index contributed by atoms with van der Waals surface area (Å²) in [5, 5.41) is 7.78. The minimum Gasteiger partial charge on any atom is -0.362 e. The highest BCUT2D eigenvalue weighted by atomic mass is 35.5. The zero-order valence-corrected chi connectivity index (χ0v) is 12.9. The summed E-state index contributed by atoms with van der Waals surface area (Å²) in [6, 6.07) is 11.3. The molecule has 1 heterocycles. The molecule has 0 amide bonds. The molecule has 0 bridgehead atoms. The molecule has 0 aliphatic rings. The fraction of sp³-hybridized carbons (Fsp3) is 0.143. The SMILES string of the molecule is S=C(NCCc1cccc[nH+]1)Nc1ccc(Cl)c(Cl)c1. The third-order valence-corrected chi connectivity index (χ3v) is 3.62. The highest BCUT2D eigenvalue weighted by Crippen LogP contribution is 2.24. The van der Waals surface area contributed by atoms with E-state index in [0.717, 1.165) is 24.3 Å². The lowest BCUT2D eigenvalue weighted by Gasteiger charge is -2.10. The van der Waals surface area contributed by atoms with Crippen molar-refractivity contribution in [1.82, 2.24) is 5.32 Å². The number of aromatic nitrogens is 1. The molecule has 0 saturated carbocycles. The topological polar surface area (TPSA) is 38.2 Å². The Kier molecular flexibility index (Phi) is 5.59. The lowest BCUT2D eigenvalue weighted by molar-refractivity contribution is -0.390. The Morgan fingerprint density at radius 2 is 2.00 bits per heavy atom. The monoisotopic (exact) mass is 326 g/mol. The Balaban J connectivity index is 1.79. The van der Waals surface area contributed by atoms with Crippen LogP contribution in [0.3, 0.4) is 0 Å². The van der Waals surface area contributed by atoms with Gasteiger partial charge in [0.25, 0.3) is 0 Å². The van der Waals surface area contributed by atoms with Gasteiger partial charge in [-0.1, -0.05) is 29.3 Å². The average molecular weight is 327 g/mol. The Morgan fingerprint density at radius 3 is 2.70 bits per heavy atom. The average Bonchev–Trinajstić information content (AvgIpc) is 2.44. The van der Waals surface area contributed by atoms with Gasteiger partial charge in [0.1, 0.15) is 0 Å². The van der Waals surface area contributed by atoms with Gasteiger partial charge in [-0.2, -0.15) is 0 Å². The minimum atomic E-state index is 0.498. The molecule has 3 N–H and O–H groups in total. The van der Waals surface area contributed by atoms with E-state index in [9.17, 15) is 0 Å². The van der Waals surface area contributed by atoms with Crippen LogP contribution in [0, 0.1) is 0 Å². The molecule has 0 aliphatic heterocycles. The number of benzene rings is 1. The first-order valence-electron chi connectivity index (χ1n) is 6.10.